The molecule has 1 aromatic rings. The first-order valence-corrected chi connectivity index (χ1v) is 7.20. The van der Waals surface area contributed by atoms with Gasteiger partial charge in [-0.05, 0) is 44.0 Å². The highest BCUT2D eigenvalue weighted by Crippen LogP contribution is 2.30. The third-order valence-electron chi connectivity index (χ3n) is 3.11. The van der Waals surface area contributed by atoms with E-state index in [4.69, 9.17) is 15.9 Å². The van der Waals surface area contributed by atoms with Crippen molar-refractivity contribution in [2.24, 2.45) is 0 Å². The van der Waals surface area contributed by atoms with E-state index in [1.54, 1.807) is 7.11 Å². The molecule has 3 nitrogen and oxygen atoms in total. The summed E-state index contributed by atoms with van der Waals surface area (Å²) in [4.78, 5) is 0. The molecule has 1 N–H and O–H groups in total. The van der Waals surface area contributed by atoms with Crippen molar-refractivity contribution in [3.63, 3.8) is 0 Å². The van der Waals surface area contributed by atoms with E-state index in [1.165, 1.54) is 5.56 Å². The van der Waals surface area contributed by atoms with Crippen molar-refractivity contribution in [3.8, 4) is 23.8 Å². The van der Waals surface area contributed by atoms with Gasteiger partial charge < -0.3 is 14.8 Å². The van der Waals surface area contributed by atoms with Crippen LogP contribution in [0.25, 0.3) is 0 Å². The quantitative estimate of drug-likeness (QED) is 0.552. The lowest BCUT2D eigenvalue weighted by Crippen LogP contribution is -2.19. The van der Waals surface area contributed by atoms with E-state index in [2.05, 4.69) is 31.2 Å². The Morgan fingerprint density at radius 2 is 2.15 bits per heavy atom. The van der Waals surface area contributed by atoms with Gasteiger partial charge >= 0.3 is 0 Å². The molecule has 1 aromatic carbocycles. The Balaban J connectivity index is 2.67. The van der Waals surface area contributed by atoms with Gasteiger partial charge in [-0.25, -0.2) is 0 Å². The van der Waals surface area contributed by atoms with Gasteiger partial charge in [-0.3, -0.25) is 0 Å². The average Bonchev–Trinajstić information content (AvgIpc) is 2.49. The fraction of sp³-hybridized carbons (Fsp3) is 0.529. The van der Waals surface area contributed by atoms with E-state index in [1.807, 2.05) is 12.1 Å². The van der Waals surface area contributed by atoms with Gasteiger partial charge in [0.2, 0.25) is 0 Å². The second-order valence-electron chi connectivity index (χ2n) is 4.74. The van der Waals surface area contributed by atoms with Crippen molar-refractivity contribution in [1.29, 1.82) is 0 Å². The molecule has 0 saturated carbocycles. The zero-order chi connectivity index (χ0) is 14.8. The molecule has 0 radical (unpaired) electrons. The van der Waals surface area contributed by atoms with Crippen LogP contribution in [0.3, 0.4) is 0 Å². The summed E-state index contributed by atoms with van der Waals surface area (Å²) in [7, 11) is 1.66. The fourth-order valence-electron chi connectivity index (χ4n) is 1.91. The maximum atomic E-state index is 5.71. The third kappa shape index (κ3) is 5.14. The second kappa shape index (κ2) is 9.28. The normalized spacial score (nSPS) is 11.7. The minimum absolute atomic E-state index is 0.305. The number of ether oxygens (including phenoxy) is 2. The van der Waals surface area contributed by atoms with Crippen LogP contribution in [-0.2, 0) is 0 Å². The van der Waals surface area contributed by atoms with E-state index < -0.39 is 0 Å². The molecule has 0 aliphatic heterocycles. The van der Waals surface area contributed by atoms with Crippen molar-refractivity contribution in [1.82, 2.24) is 5.32 Å². The highest BCUT2D eigenvalue weighted by Gasteiger charge is 2.10. The van der Waals surface area contributed by atoms with Crippen LogP contribution in [0.1, 0.15) is 44.7 Å². The van der Waals surface area contributed by atoms with Gasteiger partial charge in [0.15, 0.2) is 11.5 Å². The number of hydrogen-bond donors (Lipinski definition) is 1. The Morgan fingerprint density at radius 3 is 2.80 bits per heavy atom. The van der Waals surface area contributed by atoms with Gasteiger partial charge in [0.05, 0.1) is 13.7 Å². The van der Waals surface area contributed by atoms with Crippen molar-refractivity contribution in [2.45, 2.75) is 39.2 Å². The minimum atomic E-state index is 0.305. The Morgan fingerprint density at radius 1 is 1.35 bits per heavy atom. The minimum Gasteiger partial charge on any atom is -0.493 e. The Hall–Kier alpha value is -1.66. The smallest absolute Gasteiger partial charge is 0.161 e. The SMILES string of the molecule is C#CCCCOc1ccc(C(C)NCCC)cc1OC. The van der Waals surface area contributed by atoms with Gasteiger partial charge in [0.1, 0.15) is 0 Å². The van der Waals surface area contributed by atoms with Crippen LogP contribution < -0.4 is 14.8 Å². The maximum Gasteiger partial charge on any atom is 0.161 e. The largest absolute Gasteiger partial charge is 0.493 e. The lowest BCUT2D eigenvalue weighted by molar-refractivity contribution is 0.290. The number of benzene rings is 1. The third-order valence-corrected chi connectivity index (χ3v) is 3.11. The molecule has 0 bridgehead atoms. The van der Waals surface area contributed by atoms with Gasteiger partial charge in [-0.15, -0.1) is 12.3 Å². The van der Waals surface area contributed by atoms with E-state index in [0.29, 0.717) is 12.6 Å². The van der Waals surface area contributed by atoms with Gasteiger partial charge in [-0.1, -0.05) is 13.0 Å². The predicted molar refractivity (Wildman–Crippen MR) is 83.3 cm³/mol. The molecule has 1 atom stereocenters. The van der Waals surface area contributed by atoms with Gasteiger partial charge in [0, 0.05) is 12.5 Å². The van der Waals surface area contributed by atoms with Gasteiger partial charge in [-0.2, -0.15) is 0 Å². The lowest BCUT2D eigenvalue weighted by atomic mass is 10.1. The summed E-state index contributed by atoms with van der Waals surface area (Å²) in [5, 5.41) is 3.46. The molecular formula is C17H25NO2. The van der Waals surface area contributed by atoms with Crippen molar-refractivity contribution in [2.75, 3.05) is 20.3 Å². The van der Waals surface area contributed by atoms with Crippen LogP contribution in [0.15, 0.2) is 18.2 Å². The lowest BCUT2D eigenvalue weighted by Gasteiger charge is -2.16. The second-order valence-corrected chi connectivity index (χ2v) is 4.74. The molecule has 1 unspecified atom stereocenters. The summed E-state index contributed by atoms with van der Waals surface area (Å²) in [6.45, 7) is 5.93. The summed E-state index contributed by atoms with van der Waals surface area (Å²) in [5.41, 5.74) is 1.20. The zero-order valence-corrected chi connectivity index (χ0v) is 12.7. The van der Waals surface area contributed by atoms with Crippen LogP contribution in [0, 0.1) is 12.3 Å². The Bertz CT molecular complexity index is 437. The van der Waals surface area contributed by atoms with E-state index in [0.717, 1.165) is 37.3 Å². The number of terminal acetylenes is 1. The first-order valence-electron chi connectivity index (χ1n) is 7.20. The maximum absolute atomic E-state index is 5.71. The summed E-state index contributed by atoms with van der Waals surface area (Å²) < 4.78 is 11.1. The molecule has 3 heteroatoms. The standard InChI is InChI=1S/C17H25NO2/c1-5-7-8-12-20-16-10-9-15(13-17(16)19-4)14(3)18-11-6-2/h1,9-10,13-14,18H,6-8,11-12H2,2-4H3. The van der Waals surface area contributed by atoms with Crippen LogP contribution in [0.4, 0.5) is 0 Å². The molecule has 20 heavy (non-hydrogen) atoms. The number of rotatable bonds is 9. The molecule has 0 spiro atoms. The number of hydrogen-bond acceptors (Lipinski definition) is 3. The molecule has 0 aromatic heterocycles. The molecule has 0 amide bonds. The van der Waals surface area contributed by atoms with Crippen LogP contribution in [0.5, 0.6) is 11.5 Å². The fourth-order valence-corrected chi connectivity index (χ4v) is 1.91. The molecule has 1 rings (SSSR count). The summed E-state index contributed by atoms with van der Waals surface area (Å²) in [6, 6.07) is 6.38. The Labute approximate surface area is 122 Å². The van der Waals surface area contributed by atoms with Crippen molar-refractivity contribution >= 4 is 0 Å². The van der Waals surface area contributed by atoms with Crippen LogP contribution in [-0.4, -0.2) is 20.3 Å². The first kappa shape index (κ1) is 16.4. The predicted octanol–water partition coefficient (Wildman–Crippen LogP) is 3.55. The molecular weight excluding hydrogens is 250 g/mol. The summed E-state index contributed by atoms with van der Waals surface area (Å²) in [6.07, 6.45) is 7.93. The van der Waals surface area contributed by atoms with E-state index >= 15 is 0 Å². The molecule has 0 heterocycles. The molecule has 0 aliphatic carbocycles. The molecule has 110 valence electrons. The molecule has 0 fully saturated rings. The Kier molecular flexibility index (Phi) is 7.60. The number of unbranched alkanes of at least 4 members (excludes halogenated alkanes) is 1. The topological polar surface area (TPSA) is 30.5 Å². The van der Waals surface area contributed by atoms with E-state index in [-0.39, 0.29) is 0 Å². The average molecular weight is 275 g/mol. The van der Waals surface area contributed by atoms with Gasteiger partial charge in [0.25, 0.3) is 0 Å². The van der Waals surface area contributed by atoms with Crippen molar-refractivity contribution < 1.29 is 9.47 Å². The molecule has 0 aliphatic rings. The zero-order valence-electron chi connectivity index (χ0n) is 12.7. The number of methoxy groups -OCH3 is 1. The van der Waals surface area contributed by atoms with E-state index in [9.17, 15) is 0 Å². The van der Waals surface area contributed by atoms with Crippen LogP contribution >= 0.6 is 0 Å². The number of nitrogens with one attached hydrogen (secondary N) is 1. The summed E-state index contributed by atoms with van der Waals surface area (Å²) >= 11 is 0. The summed E-state index contributed by atoms with van der Waals surface area (Å²) in [5.74, 6) is 4.15. The van der Waals surface area contributed by atoms with Crippen LogP contribution in [0.2, 0.25) is 0 Å². The highest BCUT2D eigenvalue weighted by atomic mass is 16.5. The van der Waals surface area contributed by atoms with Crippen molar-refractivity contribution in [3.05, 3.63) is 23.8 Å². The first-order chi connectivity index (χ1) is 9.72. The monoisotopic (exact) mass is 275 g/mol. The highest BCUT2D eigenvalue weighted by molar-refractivity contribution is 5.43. The molecule has 0 saturated heterocycles.